The van der Waals surface area contributed by atoms with Crippen LogP contribution in [0.5, 0.6) is 0 Å². The molecule has 1 aromatic heterocycles. The van der Waals surface area contributed by atoms with Crippen molar-refractivity contribution >= 4 is 21.6 Å². The molecule has 1 saturated heterocycles. The third-order valence-electron chi connectivity index (χ3n) is 5.26. The number of tetrazole rings is 1. The summed E-state index contributed by atoms with van der Waals surface area (Å²) in [7, 11) is -3.55. The zero-order valence-corrected chi connectivity index (χ0v) is 18.8. The maximum atomic E-state index is 14.2. The number of carbonyl (C=O) groups excluding carboxylic acids is 1. The zero-order valence-electron chi connectivity index (χ0n) is 17.9. The van der Waals surface area contributed by atoms with Gasteiger partial charge >= 0.3 is 0 Å². The molecule has 174 valence electrons. The number of benzene rings is 2. The lowest BCUT2D eigenvalue weighted by atomic mass is 10.1. The number of rotatable bonds is 7. The lowest BCUT2D eigenvalue weighted by molar-refractivity contribution is -0.116. The number of sulfonamides is 1. The van der Waals surface area contributed by atoms with Crippen LogP contribution in [0.1, 0.15) is 17.8 Å². The number of anilines is 1. The number of ether oxygens (including phenoxy) is 1. The molecule has 0 spiro atoms. The zero-order chi connectivity index (χ0) is 23.4. The summed E-state index contributed by atoms with van der Waals surface area (Å²) in [5.41, 5.74) is 1.38. The van der Waals surface area contributed by atoms with Crippen molar-refractivity contribution in [2.24, 2.45) is 0 Å². The second-order valence-corrected chi connectivity index (χ2v) is 9.45. The molecule has 2 heterocycles. The Morgan fingerprint density at radius 1 is 1.15 bits per heavy atom. The quantitative estimate of drug-likeness (QED) is 0.554. The van der Waals surface area contributed by atoms with E-state index >= 15 is 0 Å². The molecule has 0 radical (unpaired) electrons. The number of amides is 1. The van der Waals surface area contributed by atoms with Crippen LogP contribution < -0.4 is 5.32 Å². The van der Waals surface area contributed by atoms with Crippen LogP contribution >= 0.6 is 0 Å². The summed E-state index contributed by atoms with van der Waals surface area (Å²) in [6, 6.07) is 10.7. The molecule has 10 nitrogen and oxygen atoms in total. The maximum absolute atomic E-state index is 14.2. The first-order valence-corrected chi connectivity index (χ1v) is 11.8. The van der Waals surface area contributed by atoms with E-state index in [0.29, 0.717) is 44.2 Å². The third kappa shape index (κ3) is 5.24. The molecule has 0 bridgehead atoms. The van der Waals surface area contributed by atoms with Crippen molar-refractivity contribution in [1.82, 2.24) is 24.5 Å². The lowest BCUT2D eigenvalue weighted by Crippen LogP contribution is -2.40. The molecule has 33 heavy (non-hydrogen) atoms. The Morgan fingerprint density at radius 3 is 2.55 bits per heavy atom. The van der Waals surface area contributed by atoms with Gasteiger partial charge in [-0.25, -0.2) is 12.8 Å². The summed E-state index contributed by atoms with van der Waals surface area (Å²) in [4.78, 5) is 12.6. The number of carbonyl (C=O) groups is 1. The van der Waals surface area contributed by atoms with Gasteiger partial charge in [0.1, 0.15) is 11.5 Å². The van der Waals surface area contributed by atoms with E-state index in [1.807, 2.05) is 0 Å². The van der Waals surface area contributed by atoms with E-state index in [1.54, 1.807) is 31.2 Å². The molecule has 0 saturated carbocycles. The number of halogens is 1. The number of aryl methyl sites for hydroxylation is 2. The minimum atomic E-state index is -3.55. The van der Waals surface area contributed by atoms with E-state index in [4.69, 9.17) is 4.74 Å². The molecule has 0 atom stereocenters. The van der Waals surface area contributed by atoms with Crippen LogP contribution in [0.2, 0.25) is 0 Å². The van der Waals surface area contributed by atoms with Crippen molar-refractivity contribution in [3.8, 4) is 5.69 Å². The van der Waals surface area contributed by atoms with Gasteiger partial charge in [-0.15, -0.1) is 5.10 Å². The number of nitrogens with one attached hydrogen (secondary N) is 1. The molecule has 4 rings (SSSR count). The Balaban J connectivity index is 1.36. The normalized spacial score (nSPS) is 14.8. The number of hydrogen-bond acceptors (Lipinski definition) is 7. The van der Waals surface area contributed by atoms with E-state index in [1.165, 1.54) is 27.2 Å². The number of morpholine rings is 1. The largest absolute Gasteiger partial charge is 0.379 e. The third-order valence-corrected chi connectivity index (χ3v) is 7.17. The predicted molar refractivity (Wildman–Crippen MR) is 117 cm³/mol. The SMILES string of the molecule is Cc1nnnn1-c1cc(NC(=O)CCc2ccc(S(=O)(=O)N3CCOCC3)cc2)ccc1F. The average molecular weight is 475 g/mol. The highest BCUT2D eigenvalue weighted by Crippen LogP contribution is 2.20. The standard InChI is InChI=1S/C21H23FN6O4S/c1-15-24-25-26-28(15)20-14-17(5-8-19(20)22)23-21(29)9-4-16-2-6-18(7-3-16)33(30,31)27-10-12-32-13-11-27/h2-3,5-8,14H,4,9-13H2,1H3,(H,23,29). The molecule has 1 amide bonds. The van der Waals surface area contributed by atoms with Crippen LogP contribution in [0.3, 0.4) is 0 Å². The second kappa shape index (κ2) is 9.73. The van der Waals surface area contributed by atoms with Gasteiger partial charge in [-0.2, -0.15) is 8.99 Å². The van der Waals surface area contributed by atoms with Gasteiger partial charge in [-0.3, -0.25) is 4.79 Å². The van der Waals surface area contributed by atoms with Crippen LogP contribution in [0, 0.1) is 12.7 Å². The van der Waals surface area contributed by atoms with E-state index in [2.05, 4.69) is 20.8 Å². The van der Waals surface area contributed by atoms with Gasteiger partial charge in [-0.1, -0.05) is 12.1 Å². The van der Waals surface area contributed by atoms with Crippen LogP contribution in [0.4, 0.5) is 10.1 Å². The van der Waals surface area contributed by atoms with Gasteiger partial charge < -0.3 is 10.1 Å². The Morgan fingerprint density at radius 2 is 1.88 bits per heavy atom. The van der Waals surface area contributed by atoms with E-state index in [9.17, 15) is 17.6 Å². The molecule has 2 aromatic carbocycles. The first-order chi connectivity index (χ1) is 15.8. The predicted octanol–water partition coefficient (Wildman–Crippen LogP) is 1.70. The fourth-order valence-corrected chi connectivity index (χ4v) is 4.86. The van der Waals surface area contributed by atoms with Gasteiger partial charge in [0, 0.05) is 25.2 Å². The second-order valence-electron chi connectivity index (χ2n) is 7.51. The van der Waals surface area contributed by atoms with Gasteiger partial charge in [0.15, 0.2) is 5.82 Å². The Labute approximate surface area is 190 Å². The van der Waals surface area contributed by atoms with E-state index in [-0.39, 0.29) is 22.9 Å². The molecule has 3 aromatic rings. The Hall–Kier alpha value is -3.22. The van der Waals surface area contributed by atoms with Crippen molar-refractivity contribution in [2.75, 3.05) is 31.6 Å². The van der Waals surface area contributed by atoms with Crippen LogP contribution in [-0.2, 0) is 26.0 Å². The topological polar surface area (TPSA) is 119 Å². The molecule has 1 N–H and O–H groups in total. The summed E-state index contributed by atoms with van der Waals surface area (Å²) >= 11 is 0. The Kier molecular flexibility index (Phi) is 6.77. The van der Waals surface area contributed by atoms with Crippen LogP contribution in [0.25, 0.3) is 5.69 Å². The highest BCUT2D eigenvalue weighted by molar-refractivity contribution is 7.89. The van der Waals surface area contributed by atoms with Crippen LogP contribution in [-0.4, -0.2) is 65.1 Å². The van der Waals surface area contributed by atoms with Crippen LogP contribution in [0.15, 0.2) is 47.4 Å². The van der Waals surface area contributed by atoms with E-state index < -0.39 is 15.8 Å². The first-order valence-electron chi connectivity index (χ1n) is 10.4. The highest BCUT2D eigenvalue weighted by Gasteiger charge is 2.26. The average Bonchev–Trinajstić information content (AvgIpc) is 3.25. The van der Waals surface area contributed by atoms with Crippen molar-refractivity contribution in [1.29, 1.82) is 0 Å². The molecule has 1 aliphatic heterocycles. The molecule has 0 aliphatic carbocycles. The smallest absolute Gasteiger partial charge is 0.243 e. The summed E-state index contributed by atoms with van der Waals surface area (Å²) in [6.45, 7) is 3.08. The summed E-state index contributed by atoms with van der Waals surface area (Å²) < 4.78 is 47.4. The number of nitrogens with zero attached hydrogens (tertiary/aromatic N) is 5. The summed E-state index contributed by atoms with van der Waals surface area (Å²) in [5, 5.41) is 13.7. The number of hydrogen-bond donors (Lipinski definition) is 1. The van der Waals surface area contributed by atoms with Crippen molar-refractivity contribution < 1.29 is 22.3 Å². The Bertz CT molecular complexity index is 1240. The fourth-order valence-electron chi connectivity index (χ4n) is 3.45. The van der Waals surface area contributed by atoms with E-state index in [0.717, 1.165) is 5.56 Å². The molecule has 0 unspecified atom stereocenters. The molecular formula is C21H23FN6O4S. The lowest BCUT2D eigenvalue weighted by Gasteiger charge is -2.26. The maximum Gasteiger partial charge on any atom is 0.243 e. The van der Waals surface area contributed by atoms with Crippen molar-refractivity contribution in [3.05, 3.63) is 59.7 Å². The molecular weight excluding hydrogens is 451 g/mol. The van der Waals surface area contributed by atoms with Crippen molar-refractivity contribution in [2.45, 2.75) is 24.7 Å². The van der Waals surface area contributed by atoms with Gasteiger partial charge in [-0.05, 0) is 59.7 Å². The summed E-state index contributed by atoms with van der Waals surface area (Å²) in [6.07, 6.45) is 0.593. The minimum Gasteiger partial charge on any atom is -0.379 e. The molecule has 12 heteroatoms. The number of aromatic nitrogens is 4. The minimum absolute atomic E-state index is 0.132. The molecule has 1 fully saturated rings. The first kappa shape index (κ1) is 23.0. The highest BCUT2D eigenvalue weighted by atomic mass is 32.2. The summed E-state index contributed by atoms with van der Waals surface area (Å²) in [5.74, 6) is -0.363. The molecule has 1 aliphatic rings. The van der Waals surface area contributed by atoms with Gasteiger partial charge in [0.05, 0.1) is 18.1 Å². The van der Waals surface area contributed by atoms with Gasteiger partial charge in [0.25, 0.3) is 0 Å². The fraction of sp³-hybridized carbons (Fsp3) is 0.333. The van der Waals surface area contributed by atoms with Crippen molar-refractivity contribution in [3.63, 3.8) is 0 Å². The monoisotopic (exact) mass is 474 g/mol. The van der Waals surface area contributed by atoms with Gasteiger partial charge in [0.2, 0.25) is 15.9 Å².